The molecule has 1 amide bonds. The second-order valence-corrected chi connectivity index (χ2v) is 6.51. The number of hydrogen-bond donors (Lipinski definition) is 1. The molecular weight excluding hydrogens is 258 g/mol. The molecule has 1 aromatic heterocycles. The first-order chi connectivity index (χ1) is 9.28. The number of carbonyl (C=O) groups excluding carboxylic acids is 1. The largest absolute Gasteiger partial charge is 0.335 e. The van der Waals surface area contributed by atoms with Gasteiger partial charge in [-0.1, -0.05) is 6.92 Å². The van der Waals surface area contributed by atoms with Gasteiger partial charge in [-0.15, -0.1) is 11.3 Å². The highest BCUT2D eigenvalue weighted by Crippen LogP contribution is 2.30. The van der Waals surface area contributed by atoms with E-state index in [1.54, 1.807) is 11.7 Å². The molecule has 2 saturated heterocycles. The van der Waals surface area contributed by atoms with Crippen LogP contribution in [0.3, 0.4) is 0 Å². The predicted molar refractivity (Wildman–Crippen MR) is 76.4 cm³/mol. The average molecular weight is 279 g/mol. The molecule has 5 heteroatoms. The maximum Gasteiger partial charge on any atom is 0.265 e. The van der Waals surface area contributed by atoms with Crippen molar-refractivity contribution in [2.75, 3.05) is 6.54 Å². The Kier molecular flexibility index (Phi) is 3.84. The Labute approximate surface area is 118 Å². The van der Waals surface area contributed by atoms with Crippen LogP contribution in [0.1, 0.15) is 48.7 Å². The number of aromatic nitrogens is 1. The van der Waals surface area contributed by atoms with Crippen molar-refractivity contribution < 1.29 is 4.79 Å². The highest BCUT2D eigenvalue weighted by Gasteiger charge is 2.37. The third kappa shape index (κ3) is 2.67. The van der Waals surface area contributed by atoms with Crippen LogP contribution >= 0.6 is 11.3 Å². The normalized spacial score (nSPS) is 29.4. The van der Waals surface area contributed by atoms with Gasteiger partial charge in [-0.05, 0) is 32.1 Å². The smallest absolute Gasteiger partial charge is 0.265 e. The lowest BCUT2D eigenvalue weighted by Crippen LogP contribution is -2.50. The van der Waals surface area contributed by atoms with E-state index in [0.29, 0.717) is 18.1 Å². The summed E-state index contributed by atoms with van der Waals surface area (Å²) in [5, 5.41) is 3.64. The number of carbonyl (C=O) groups is 1. The van der Waals surface area contributed by atoms with Gasteiger partial charge in [-0.25, -0.2) is 0 Å². The van der Waals surface area contributed by atoms with Gasteiger partial charge in [0.15, 0.2) is 0 Å². The predicted octanol–water partition coefficient (Wildman–Crippen LogP) is 2.28. The lowest BCUT2D eigenvalue weighted by molar-refractivity contribution is 0.0621. The van der Waals surface area contributed by atoms with E-state index >= 15 is 0 Å². The molecule has 4 nitrogen and oxygen atoms in total. The Morgan fingerprint density at radius 1 is 1.47 bits per heavy atom. The van der Waals surface area contributed by atoms with Crippen LogP contribution in [0.4, 0.5) is 0 Å². The molecule has 19 heavy (non-hydrogen) atoms. The monoisotopic (exact) mass is 279 g/mol. The van der Waals surface area contributed by atoms with Crippen molar-refractivity contribution >= 4 is 17.2 Å². The van der Waals surface area contributed by atoms with E-state index in [0.717, 1.165) is 30.7 Å². The molecule has 0 radical (unpaired) electrons. The molecule has 0 saturated carbocycles. The van der Waals surface area contributed by atoms with Crippen LogP contribution in [0.5, 0.6) is 0 Å². The molecule has 2 aliphatic heterocycles. The van der Waals surface area contributed by atoms with Crippen molar-refractivity contribution in [3.8, 4) is 0 Å². The first-order valence-electron chi connectivity index (χ1n) is 7.23. The van der Waals surface area contributed by atoms with E-state index in [1.807, 2.05) is 0 Å². The van der Waals surface area contributed by atoms with Gasteiger partial charge in [0, 0.05) is 24.7 Å². The number of amides is 1. The minimum absolute atomic E-state index is 0.177. The van der Waals surface area contributed by atoms with Gasteiger partial charge in [0.05, 0.1) is 11.7 Å². The lowest BCUT2D eigenvalue weighted by Gasteiger charge is -2.37. The fourth-order valence-electron chi connectivity index (χ4n) is 3.44. The number of nitrogens with one attached hydrogen (secondary N) is 1. The van der Waals surface area contributed by atoms with Crippen LogP contribution in [0.15, 0.2) is 11.7 Å². The maximum absolute atomic E-state index is 12.6. The fraction of sp³-hybridized carbons (Fsp3) is 0.714. The molecule has 2 fully saturated rings. The summed E-state index contributed by atoms with van der Waals surface area (Å²) in [4.78, 5) is 19.5. The summed E-state index contributed by atoms with van der Waals surface area (Å²) >= 11 is 1.45. The molecule has 1 N–H and O–H groups in total. The Morgan fingerprint density at radius 3 is 2.79 bits per heavy atom. The van der Waals surface area contributed by atoms with E-state index in [2.05, 4.69) is 22.1 Å². The third-order valence-electron chi connectivity index (χ3n) is 4.26. The Hall–Kier alpha value is -0.940. The first kappa shape index (κ1) is 13.1. The number of piperidine rings is 1. The van der Waals surface area contributed by atoms with Crippen molar-refractivity contribution in [2.24, 2.45) is 0 Å². The maximum atomic E-state index is 12.6. The molecule has 2 unspecified atom stereocenters. The SMILES string of the molecule is CCCN(C(=O)c1cncs1)C1CC2CCC(C1)N2. The number of fused-ring (bicyclic) bond motifs is 2. The van der Waals surface area contributed by atoms with Gasteiger partial charge in [0.2, 0.25) is 0 Å². The summed E-state index contributed by atoms with van der Waals surface area (Å²) in [6.45, 7) is 3.00. The van der Waals surface area contributed by atoms with E-state index in [4.69, 9.17) is 0 Å². The summed E-state index contributed by atoms with van der Waals surface area (Å²) in [5.74, 6) is 0.177. The number of thiazole rings is 1. The van der Waals surface area contributed by atoms with Crippen LogP contribution in [0.2, 0.25) is 0 Å². The second kappa shape index (κ2) is 5.59. The fourth-order valence-corrected chi connectivity index (χ4v) is 4.01. The average Bonchev–Trinajstić information content (AvgIpc) is 3.05. The standard InChI is InChI=1S/C14H21N3OS/c1-2-5-17(14(18)13-8-15-9-19-13)12-6-10-3-4-11(7-12)16-10/h8-12,16H,2-7H2,1H3. The second-order valence-electron chi connectivity index (χ2n) is 5.63. The molecule has 1 aromatic rings. The number of hydrogen-bond acceptors (Lipinski definition) is 4. The summed E-state index contributed by atoms with van der Waals surface area (Å²) in [6, 6.07) is 1.66. The van der Waals surface area contributed by atoms with Crippen LogP contribution in [0, 0.1) is 0 Å². The van der Waals surface area contributed by atoms with Crippen molar-refractivity contribution in [3.05, 3.63) is 16.6 Å². The van der Waals surface area contributed by atoms with Crippen LogP contribution < -0.4 is 5.32 Å². The molecule has 0 aliphatic carbocycles. The molecule has 3 heterocycles. The molecule has 0 spiro atoms. The topological polar surface area (TPSA) is 45.2 Å². The zero-order valence-electron chi connectivity index (χ0n) is 11.3. The van der Waals surface area contributed by atoms with Gasteiger partial charge in [-0.2, -0.15) is 0 Å². The molecule has 3 rings (SSSR count). The van der Waals surface area contributed by atoms with Crippen molar-refractivity contribution in [2.45, 2.75) is 57.2 Å². The Morgan fingerprint density at radius 2 is 2.21 bits per heavy atom. The van der Waals surface area contributed by atoms with E-state index < -0.39 is 0 Å². The summed E-state index contributed by atoms with van der Waals surface area (Å²) in [7, 11) is 0. The highest BCUT2D eigenvalue weighted by molar-refractivity contribution is 7.11. The first-order valence-corrected chi connectivity index (χ1v) is 8.11. The highest BCUT2D eigenvalue weighted by atomic mass is 32.1. The summed E-state index contributed by atoms with van der Waals surface area (Å²) in [6.07, 6.45) is 7.49. The Balaban J connectivity index is 1.75. The van der Waals surface area contributed by atoms with E-state index in [-0.39, 0.29) is 5.91 Å². The zero-order valence-corrected chi connectivity index (χ0v) is 12.2. The summed E-state index contributed by atoms with van der Waals surface area (Å²) < 4.78 is 0. The van der Waals surface area contributed by atoms with Crippen LogP contribution in [0.25, 0.3) is 0 Å². The minimum atomic E-state index is 0.177. The van der Waals surface area contributed by atoms with Crippen LogP contribution in [-0.4, -0.2) is 40.5 Å². The van der Waals surface area contributed by atoms with E-state index in [1.165, 1.54) is 24.2 Å². The molecule has 0 aromatic carbocycles. The Bertz CT molecular complexity index is 422. The number of nitrogens with zero attached hydrogens (tertiary/aromatic N) is 2. The van der Waals surface area contributed by atoms with E-state index in [9.17, 15) is 4.79 Å². The molecule has 2 bridgehead atoms. The molecule has 104 valence electrons. The van der Waals surface area contributed by atoms with Crippen molar-refractivity contribution in [1.29, 1.82) is 0 Å². The van der Waals surface area contributed by atoms with Gasteiger partial charge in [-0.3, -0.25) is 9.78 Å². The van der Waals surface area contributed by atoms with Crippen molar-refractivity contribution in [3.63, 3.8) is 0 Å². The lowest BCUT2D eigenvalue weighted by atomic mass is 9.97. The van der Waals surface area contributed by atoms with Gasteiger partial charge in [0.25, 0.3) is 5.91 Å². The molecule has 2 atom stereocenters. The van der Waals surface area contributed by atoms with Gasteiger partial charge >= 0.3 is 0 Å². The van der Waals surface area contributed by atoms with Crippen LogP contribution in [-0.2, 0) is 0 Å². The quantitative estimate of drug-likeness (QED) is 0.919. The minimum Gasteiger partial charge on any atom is -0.335 e. The number of rotatable bonds is 4. The van der Waals surface area contributed by atoms with Gasteiger partial charge in [0.1, 0.15) is 4.88 Å². The molecular formula is C14H21N3OS. The zero-order chi connectivity index (χ0) is 13.2. The molecule has 2 aliphatic rings. The summed E-state index contributed by atoms with van der Waals surface area (Å²) in [5.41, 5.74) is 1.74. The van der Waals surface area contributed by atoms with Crippen molar-refractivity contribution in [1.82, 2.24) is 15.2 Å². The third-order valence-corrected chi connectivity index (χ3v) is 5.02. The van der Waals surface area contributed by atoms with Gasteiger partial charge < -0.3 is 10.2 Å².